The normalized spacial score (nSPS) is 9.71. The van der Waals surface area contributed by atoms with E-state index in [0.717, 1.165) is 0 Å². The molecule has 0 radical (unpaired) electrons. The number of esters is 2. The fourth-order valence-electron chi connectivity index (χ4n) is 2.12. The maximum atomic E-state index is 12.0. The molecule has 0 aliphatic heterocycles. The lowest BCUT2D eigenvalue weighted by Gasteiger charge is -2.11. The van der Waals surface area contributed by atoms with E-state index in [2.05, 4.69) is 5.32 Å². The number of amides is 1. The van der Waals surface area contributed by atoms with Crippen molar-refractivity contribution in [2.75, 3.05) is 25.1 Å². The maximum absolute atomic E-state index is 12.0. The number of para-hydroxylation sites is 1. The minimum atomic E-state index is -0.738. The Hall–Kier alpha value is -3.86. The standard InChI is InChI=1S/C20H18N2O6/c1-2-26-20(25)16-5-3-4-6-17(16)22-18(23)12-28-19(24)13-27-15-9-7-14(11-21)8-10-15/h3-10H,2,12-13H2,1H3,(H,22,23). The Morgan fingerprint density at radius 3 is 2.39 bits per heavy atom. The van der Waals surface area contributed by atoms with Crippen molar-refractivity contribution in [3.63, 3.8) is 0 Å². The topological polar surface area (TPSA) is 115 Å². The number of hydrogen-bond donors (Lipinski definition) is 1. The second kappa shape index (κ2) is 10.3. The zero-order valence-corrected chi connectivity index (χ0v) is 15.1. The molecular weight excluding hydrogens is 364 g/mol. The maximum Gasteiger partial charge on any atom is 0.344 e. The highest BCUT2D eigenvalue weighted by molar-refractivity contribution is 6.01. The zero-order chi connectivity index (χ0) is 20.4. The Morgan fingerprint density at radius 1 is 1.00 bits per heavy atom. The highest BCUT2D eigenvalue weighted by Crippen LogP contribution is 2.16. The van der Waals surface area contributed by atoms with Gasteiger partial charge in [0.15, 0.2) is 13.2 Å². The van der Waals surface area contributed by atoms with Crippen molar-refractivity contribution in [3.8, 4) is 11.8 Å². The van der Waals surface area contributed by atoms with Gasteiger partial charge in [-0.25, -0.2) is 9.59 Å². The Morgan fingerprint density at radius 2 is 1.71 bits per heavy atom. The molecule has 28 heavy (non-hydrogen) atoms. The van der Waals surface area contributed by atoms with Crippen LogP contribution in [0.2, 0.25) is 0 Å². The minimum Gasteiger partial charge on any atom is -0.482 e. The highest BCUT2D eigenvalue weighted by Gasteiger charge is 2.15. The molecule has 144 valence electrons. The van der Waals surface area contributed by atoms with Gasteiger partial charge in [-0.1, -0.05) is 12.1 Å². The largest absolute Gasteiger partial charge is 0.482 e. The lowest BCUT2D eigenvalue weighted by molar-refractivity contribution is -0.149. The van der Waals surface area contributed by atoms with Gasteiger partial charge in [0, 0.05) is 0 Å². The Labute approximate surface area is 161 Å². The first kappa shape index (κ1) is 20.5. The molecule has 0 fully saturated rings. The molecule has 0 bridgehead atoms. The number of hydrogen-bond acceptors (Lipinski definition) is 7. The van der Waals surface area contributed by atoms with Gasteiger partial charge in [-0.15, -0.1) is 0 Å². The summed E-state index contributed by atoms with van der Waals surface area (Å²) in [6, 6.07) is 14.5. The molecule has 1 amide bonds. The van der Waals surface area contributed by atoms with Crippen molar-refractivity contribution in [1.29, 1.82) is 5.26 Å². The number of nitriles is 1. The molecule has 0 heterocycles. The van der Waals surface area contributed by atoms with Gasteiger partial charge in [-0.3, -0.25) is 4.79 Å². The summed E-state index contributed by atoms with van der Waals surface area (Å²) >= 11 is 0. The molecule has 0 unspecified atom stereocenters. The van der Waals surface area contributed by atoms with E-state index in [1.807, 2.05) is 6.07 Å². The van der Waals surface area contributed by atoms with Gasteiger partial charge < -0.3 is 19.5 Å². The smallest absolute Gasteiger partial charge is 0.344 e. The van der Waals surface area contributed by atoms with Crippen LogP contribution in [-0.4, -0.2) is 37.7 Å². The molecule has 0 aliphatic rings. The Bertz CT molecular complexity index is 886. The van der Waals surface area contributed by atoms with Crippen LogP contribution in [0.4, 0.5) is 5.69 Å². The fraction of sp³-hybridized carbons (Fsp3) is 0.200. The third kappa shape index (κ3) is 6.14. The van der Waals surface area contributed by atoms with Crippen molar-refractivity contribution in [2.45, 2.75) is 6.92 Å². The second-order valence-corrected chi connectivity index (χ2v) is 5.40. The number of carbonyl (C=O) groups is 3. The van der Waals surface area contributed by atoms with Crippen molar-refractivity contribution < 1.29 is 28.6 Å². The fourth-order valence-corrected chi connectivity index (χ4v) is 2.12. The number of ether oxygens (including phenoxy) is 3. The van der Waals surface area contributed by atoms with Crippen molar-refractivity contribution in [3.05, 3.63) is 59.7 Å². The summed E-state index contributed by atoms with van der Waals surface area (Å²) in [5.41, 5.74) is 0.929. The average Bonchev–Trinajstić information content (AvgIpc) is 2.71. The van der Waals surface area contributed by atoms with E-state index in [-0.39, 0.29) is 17.9 Å². The summed E-state index contributed by atoms with van der Waals surface area (Å²) < 4.78 is 15.0. The molecule has 0 atom stereocenters. The summed E-state index contributed by atoms with van der Waals surface area (Å²) in [7, 11) is 0. The van der Waals surface area contributed by atoms with Crippen molar-refractivity contribution in [2.24, 2.45) is 0 Å². The number of nitrogens with zero attached hydrogens (tertiary/aromatic N) is 1. The number of nitrogens with one attached hydrogen (secondary N) is 1. The van der Waals surface area contributed by atoms with Crippen LogP contribution < -0.4 is 10.1 Å². The van der Waals surface area contributed by atoms with Crippen molar-refractivity contribution in [1.82, 2.24) is 0 Å². The van der Waals surface area contributed by atoms with Crippen LogP contribution in [0.1, 0.15) is 22.8 Å². The van der Waals surface area contributed by atoms with Crippen LogP contribution in [0.5, 0.6) is 5.75 Å². The van der Waals surface area contributed by atoms with Gasteiger partial charge >= 0.3 is 11.9 Å². The number of benzene rings is 2. The molecule has 0 saturated carbocycles. The first-order chi connectivity index (χ1) is 13.5. The van der Waals surface area contributed by atoms with Crippen LogP contribution in [0.15, 0.2) is 48.5 Å². The number of anilines is 1. The van der Waals surface area contributed by atoms with E-state index in [9.17, 15) is 14.4 Å². The van der Waals surface area contributed by atoms with Gasteiger partial charge in [-0.05, 0) is 43.3 Å². The molecule has 8 heteroatoms. The monoisotopic (exact) mass is 382 g/mol. The minimum absolute atomic E-state index is 0.202. The van der Waals surface area contributed by atoms with E-state index in [0.29, 0.717) is 11.3 Å². The molecule has 8 nitrogen and oxygen atoms in total. The summed E-state index contributed by atoms with van der Waals surface area (Å²) in [5.74, 6) is -1.52. The number of rotatable bonds is 8. The van der Waals surface area contributed by atoms with E-state index >= 15 is 0 Å². The van der Waals surface area contributed by atoms with E-state index < -0.39 is 31.1 Å². The molecule has 2 rings (SSSR count). The first-order valence-corrected chi connectivity index (χ1v) is 8.38. The third-order valence-corrected chi connectivity index (χ3v) is 3.40. The molecule has 0 aromatic heterocycles. The predicted molar refractivity (Wildman–Crippen MR) is 98.6 cm³/mol. The van der Waals surface area contributed by atoms with Gasteiger partial charge in [-0.2, -0.15) is 5.26 Å². The summed E-state index contributed by atoms with van der Waals surface area (Å²) in [6.45, 7) is 0.960. The number of carbonyl (C=O) groups excluding carboxylic acids is 3. The summed E-state index contributed by atoms with van der Waals surface area (Å²) in [5, 5.41) is 11.2. The quantitative estimate of drug-likeness (QED) is 0.697. The van der Waals surface area contributed by atoms with Crippen LogP contribution in [0.3, 0.4) is 0 Å². The zero-order valence-electron chi connectivity index (χ0n) is 15.1. The van der Waals surface area contributed by atoms with E-state index in [1.54, 1.807) is 49.4 Å². The highest BCUT2D eigenvalue weighted by atomic mass is 16.6. The third-order valence-electron chi connectivity index (χ3n) is 3.40. The van der Waals surface area contributed by atoms with Gasteiger partial charge in [0.2, 0.25) is 0 Å². The SMILES string of the molecule is CCOC(=O)c1ccccc1NC(=O)COC(=O)COc1ccc(C#N)cc1. The summed E-state index contributed by atoms with van der Waals surface area (Å²) in [6.07, 6.45) is 0. The van der Waals surface area contributed by atoms with E-state index in [1.165, 1.54) is 6.07 Å². The molecular formula is C20H18N2O6. The van der Waals surface area contributed by atoms with Gasteiger partial charge in [0.05, 0.1) is 29.5 Å². The average molecular weight is 382 g/mol. The van der Waals surface area contributed by atoms with Crippen LogP contribution in [0.25, 0.3) is 0 Å². The van der Waals surface area contributed by atoms with Crippen LogP contribution in [-0.2, 0) is 19.1 Å². The lowest BCUT2D eigenvalue weighted by atomic mass is 10.2. The predicted octanol–water partition coefficient (Wildman–Crippen LogP) is 2.30. The molecule has 0 saturated heterocycles. The molecule has 0 spiro atoms. The van der Waals surface area contributed by atoms with Crippen LogP contribution >= 0.6 is 0 Å². The summed E-state index contributed by atoms with van der Waals surface area (Å²) in [4.78, 5) is 35.6. The first-order valence-electron chi connectivity index (χ1n) is 8.38. The molecule has 2 aromatic carbocycles. The van der Waals surface area contributed by atoms with Gasteiger partial charge in [0.25, 0.3) is 5.91 Å². The van der Waals surface area contributed by atoms with Gasteiger partial charge in [0.1, 0.15) is 5.75 Å². The Balaban J connectivity index is 1.81. The van der Waals surface area contributed by atoms with Crippen molar-refractivity contribution >= 4 is 23.5 Å². The molecule has 0 aliphatic carbocycles. The molecule has 2 aromatic rings. The Kier molecular flexibility index (Phi) is 7.54. The van der Waals surface area contributed by atoms with E-state index in [4.69, 9.17) is 19.5 Å². The lowest BCUT2D eigenvalue weighted by Crippen LogP contribution is -2.24. The van der Waals surface area contributed by atoms with Crippen LogP contribution in [0, 0.1) is 11.3 Å². The second-order valence-electron chi connectivity index (χ2n) is 5.40. The molecule has 1 N–H and O–H groups in total.